The van der Waals surface area contributed by atoms with Crippen LogP contribution in [0.15, 0.2) is 38.6 Å². The Morgan fingerprint density at radius 1 is 1.26 bits per heavy atom. The van der Waals surface area contributed by atoms with Gasteiger partial charge in [0.25, 0.3) is 5.89 Å². The molecule has 96 valence electrons. The predicted molar refractivity (Wildman–Crippen MR) is 75.1 cm³/mol. The molecule has 0 atom stereocenters. The molecule has 2 heterocycles. The molecule has 0 radical (unpaired) electrons. The van der Waals surface area contributed by atoms with E-state index >= 15 is 0 Å². The first-order valence-corrected chi connectivity index (χ1v) is 6.89. The second-order valence-corrected chi connectivity index (χ2v) is 6.23. The zero-order valence-electron chi connectivity index (χ0n) is 9.43. The van der Waals surface area contributed by atoms with E-state index in [1.165, 1.54) is 23.5 Å². The Balaban J connectivity index is 1.98. The van der Waals surface area contributed by atoms with E-state index in [4.69, 9.17) is 10.3 Å². The van der Waals surface area contributed by atoms with Crippen molar-refractivity contribution in [1.29, 1.82) is 0 Å². The molecule has 4 nitrogen and oxygen atoms in total. The van der Waals surface area contributed by atoms with Crippen LogP contribution in [-0.2, 0) is 0 Å². The van der Waals surface area contributed by atoms with Gasteiger partial charge in [0, 0.05) is 5.56 Å². The highest BCUT2D eigenvalue weighted by atomic mass is 79.9. The Labute approximate surface area is 120 Å². The average molecular weight is 340 g/mol. The summed E-state index contributed by atoms with van der Waals surface area (Å²) in [4.78, 5) is 5.15. The second kappa shape index (κ2) is 4.75. The molecule has 0 saturated heterocycles. The van der Waals surface area contributed by atoms with Gasteiger partial charge in [0.05, 0.1) is 14.4 Å². The smallest absolute Gasteiger partial charge is 0.258 e. The molecule has 0 bridgehead atoms. The zero-order chi connectivity index (χ0) is 13.4. The monoisotopic (exact) mass is 339 g/mol. The van der Waals surface area contributed by atoms with Crippen LogP contribution in [0.2, 0.25) is 0 Å². The number of hydrogen-bond donors (Lipinski definition) is 1. The molecule has 0 aliphatic rings. The predicted octanol–water partition coefficient (Wildman–Crippen LogP) is 3.95. The van der Waals surface area contributed by atoms with Crippen molar-refractivity contribution in [2.45, 2.75) is 0 Å². The van der Waals surface area contributed by atoms with E-state index in [0.29, 0.717) is 17.3 Å². The van der Waals surface area contributed by atoms with E-state index in [1.54, 1.807) is 6.07 Å². The number of nitrogens with two attached hydrogens (primary N) is 1. The van der Waals surface area contributed by atoms with Gasteiger partial charge in [0.2, 0.25) is 5.82 Å². The fourth-order valence-corrected chi connectivity index (χ4v) is 2.86. The molecular weight excluding hydrogens is 333 g/mol. The second-order valence-electron chi connectivity index (χ2n) is 3.76. The molecule has 0 saturated carbocycles. The van der Waals surface area contributed by atoms with Crippen LogP contribution in [-0.4, -0.2) is 10.1 Å². The molecular formula is C12H7BrFN3OS. The number of thiophene rings is 1. The number of halogens is 2. The standard InChI is InChI=1S/C12H7BrFN3OS/c13-10-4-3-9(19-10)11-16-12(18-17-11)6-1-2-7(14)8(15)5-6/h1-5H,15H2. The summed E-state index contributed by atoms with van der Waals surface area (Å²) in [7, 11) is 0. The average Bonchev–Trinajstić information content (AvgIpc) is 3.01. The lowest BCUT2D eigenvalue weighted by Gasteiger charge is -1.97. The maximum Gasteiger partial charge on any atom is 0.258 e. The summed E-state index contributed by atoms with van der Waals surface area (Å²) in [6.45, 7) is 0. The maximum atomic E-state index is 13.1. The van der Waals surface area contributed by atoms with Gasteiger partial charge < -0.3 is 10.3 Å². The van der Waals surface area contributed by atoms with Crippen molar-refractivity contribution < 1.29 is 8.91 Å². The minimum atomic E-state index is -0.467. The van der Waals surface area contributed by atoms with Gasteiger partial charge in [-0.25, -0.2) is 4.39 Å². The number of nitrogen functional groups attached to an aromatic ring is 1. The molecule has 0 unspecified atom stereocenters. The summed E-state index contributed by atoms with van der Waals surface area (Å²) in [6, 6.07) is 8.09. The van der Waals surface area contributed by atoms with Gasteiger partial charge in [-0.15, -0.1) is 11.3 Å². The van der Waals surface area contributed by atoms with Gasteiger partial charge in [0.1, 0.15) is 5.82 Å². The van der Waals surface area contributed by atoms with Gasteiger partial charge in [-0.1, -0.05) is 5.16 Å². The van der Waals surface area contributed by atoms with E-state index in [-0.39, 0.29) is 5.69 Å². The van der Waals surface area contributed by atoms with Crippen LogP contribution in [0.4, 0.5) is 10.1 Å². The van der Waals surface area contributed by atoms with E-state index in [0.717, 1.165) is 8.66 Å². The first-order chi connectivity index (χ1) is 9.13. The van der Waals surface area contributed by atoms with E-state index in [2.05, 4.69) is 26.1 Å². The fraction of sp³-hybridized carbons (Fsp3) is 0. The Morgan fingerprint density at radius 3 is 2.79 bits per heavy atom. The lowest BCUT2D eigenvalue weighted by molar-refractivity contribution is 0.432. The highest BCUT2D eigenvalue weighted by Gasteiger charge is 2.13. The number of anilines is 1. The SMILES string of the molecule is Nc1cc(-c2nc(-c3ccc(Br)s3)no2)ccc1F. The summed E-state index contributed by atoms with van der Waals surface area (Å²) >= 11 is 4.87. The third-order valence-corrected chi connectivity index (χ3v) is 4.08. The van der Waals surface area contributed by atoms with Gasteiger partial charge in [0.15, 0.2) is 0 Å². The fourth-order valence-electron chi connectivity index (χ4n) is 1.55. The van der Waals surface area contributed by atoms with Gasteiger partial charge in [-0.2, -0.15) is 4.98 Å². The highest BCUT2D eigenvalue weighted by Crippen LogP contribution is 2.31. The lowest BCUT2D eigenvalue weighted by Crippen LogP contribution is -1.90. The number of benzene rings is 1. The third-order valence-electron chi connectivity index (χ3n) is 2.46. The van der Waals surface area contributed by atoms with Crippen LogP contribution in [0.25, 0.3) is 22.2 Å². The van der Waals surface area contributed by atoms with Gasteiger partial charge in [-0.3, -0.25) is 0 Å². The third kappa shape index (κ3) is 2.39. The van der Waals surface area contributed by atoms with E-state index in [9.17, 15) is 4.39 Å². The van der Waals surface area contributed by atoms with Crippen LogP contribution < -0.4 is 5.73 Å². The number of rotatable bonds is 2. The lowest BCUT2D eigenvalue weighted by atomic mass is 10.2. The van der Waals surface area contributed by atoms with E-state index < -0.39 is 5.82 Å². The molecule has 2 aromatic heterocycles. The van der Waals surface area contributed by atoms with Crippen molar-refractivity contribution >= 4 is 33.0 Å². The Kier molecular flexibility index (Phi) is 3.08. The van der Waals surface area contributed by atoms with Gasteiger partial charge in [-0.05, 0) is 46.3 Å². The molecule has 0 spiro atoms. The van der Waals surface area contributed by atoms with Crippen molar-refractivity contribution in [3.05, 3.63) is 39.9 Å². The summed E-state index contributed by atoms with van der Waals surface area (Å²) in [5.74, 6) is 0.338. The first kappa shape index (κ1) is 12.3. The molecule has 0 amide bonds. The van der Waals surface area contributed by atoms with Crippen LogP contribution >= 0.6 is 27.3 Å². The molecule has 0 aliphatic carbocycles. The molecule has 3 aromatic rings. The van der Waals surface area contributed by atoms with Crippen molar-refractivity contribution in [3.63, 3.8) is 0 Å². The zero-order valence-corrected chi connectivity index (χ0v) is 11.8. The molecule has 19 heavy (non-hydrogen) atoms. The van der Waals surface area contributed by atoms with Crippen molar-refractivity contribution in [3.8, 4) is 22.2 Å². The molecule has 1 aromatic carbocycles. The molecule has 3 rings (SSSR count). The summed E-state index contributed by atoms with van der Waals surface area (Å²) in [5, 5.41) is 3.90. The molecule has 7 heteroatoms. The number of hydrogen-bond acceptors (Lipinski definition) is 5. The van der Waals surface area contributed by atoms with Crippen LogP contribution in [0, 0.1) is 5.82 Å². The molecule has 0 fully saturated rings. The van der Waals surface area contributed by atoms with Gasteiger partial charge >= 0.3 is 0 Å². The van der Waals surface area contributed by atoms with Crippen LogP contribution in [0.1, 0.15) is 0 Å². The Bertz CT molecular complexity index is 740. The topological polar surface area (TPSA) is 64.9 Å². The Hall–Kier alpha value is -1.73. The van der Waals surface area contributed by atoms with E-state index in [1.807, 2.05) is 12.1 Å². The summed E-state index contributed by atoms with van der Waals surface area (Å²) in [6.07, 6.45) is 0. The van der Waals surface area contributed by atoms with Crippen molar-refractivity contribution in [2.24, 2.45) is 0 Å². The normalized spacial score (nSPS) is 10.8. The minimum absolute atomic E-state index is 0.0520. The maximum absolute atomic E-state index is 13.1. The highest BCUT2D eigenvalue weighted by molar-refractivity contribution is 9.11. The van der Waals surface area contributed by atoms with Crippen molar-refractivity contribution in [1.82, 2.24) is 10.1 Å². The Morgan fingerprint density at radius 2 is 2.11 bits per heavy atom. The summed E-state index contributed by atoms with van der Waals surface area (Å²) < 4.78 is 19.2. The van der Waals surface area contributed by atoms with Crippen LogP contribution in [0.5, 0.6) is 0 Å². The number of aromatic nitrogens is 2. The molecule has 0 aliphatic heterocycles. The quantitative estimate of drug-likeness (QED) is 0.718. The largest absolute Gasteiger partial charge is 0.396 e. The molecule has 2 N–H and O–H groups in total. The minimum Gasteiger partial charge on any atom is -0.396 e. The number of nitrogens with zero attached hydrogens (tertiary/aromatic N) is 2. The first-order valence-electron chi connectivity index (χ1n) is 5.28. The summed E-state index contributed by atoms with van der Waals surface area (Å²) in [5.41, 5.74) is 6.15. The van der Waals surface area contributed by atoms with Crippen molar-refractivity contribution in [2.75, 3.05) is 5.73 Å². The van der Waals surface area contributed by atoms with Crippen LogP contribution in [0.3, 0.4) is 0 Å².